The summed E-state index contributed by atoms with van der Waals surface area (Å²) in [6, 6.07) is 4.96. The third-order valence-electron chi connectivity index (χ3n) is 2.80. The first kappa shape index (κ1) is 17.3. The molecule has 0 atom stereocenters. The summed E-state index contributed by atoms with van der Waals surface area (Å²) in [5, 5.41) is 3.17. The van der Waals surface area contributed by atoms with Crippen LogP contribution < -0.4 is 10.6 Å². The highest BCUT2D eigenvalue weighted by molar-refractivity contribution is 6.05. The molecule has 0 radical (unpaired) electrons. The Morgan fingerprint density at radius 3 is 1.46 bits per heavy atom. The predicted molar refractivity (Wildman–Crippen MR) is 75.6 cm³/mol. The largest absolute Gasteiger partial charge is 0.396 e. The van der Waals surface area contributed by atoms with Gasteiger partial charge >= 0.3 is 23.7 Å². The third kappa shape index (κ3) is 3.47. The number of hydrogen-bond acceptors (Lipinski definition) is 4. The van der Waals surface area contributed by atoms with Crippen LogP contribution in [-0.2, 0) is 9.59 Å². The van der Waals surface area contributed by atoms with E-state index in [0.29, 0.717) is 0 Å². The Bertz CT molecular complexity index is 663. The first-order valence-electron chi connectivity index (χ1n) is 6.44. The van der Waals surface area contributed by atoms with Crippen LogP contribution in [0.25, 0.3) is 0 Å². The number of pyridine rings is 2. The van der Waals surface area contributed by atoms with E-state index < -0.39 is 23.7 Å². The number of alkyl halides is 4. The van der Waals surface area contributed by atoms with Gasteiger partial charge in [-0.3, -0.25) is 19.6 Å². The lowest BCUT2D eigenvalue weighted by molar-refractivity contribution is -0.204. The van der Waals surface area contributed by atoms with Crippen LogP contribution in [0.2, 0.25) is 0 Å². The van der Waals surface area contributed by atoms with Crippen LogP contribution in [-0.4, -0.2) is 33.6 Å². The summed E-state index contributed by atoms with van der Waals surface area (Å²) in [6.45, 7) is 0. The highest BCUT2D eigenvalue weighted by Crippen LogP contribution is 2.36. The van der Waals surface area contributed by atoms with Gasteiger partial charge in [0.05, 0.1) is 23.8 Å². The lowest BCUT2D eigenvalue weighted by atomic mass is 10.1. The highest BCUT2D eigenvalue weighted by Gasteiger charge is 2.67. The normalized spacial score (nSPS) is 11.7. The summed E-state index contributed by atoms with van der Waals surface area (Å²) in [7, 11) is 0. The standard InChI is InChI=1S/C14H10F4N4O2/c15-13(16,11(23)21-9-3-1-5-19-7-9)14(17,18)12(24)22-10-4-2-6-20-8-10/h1-8H,(H,21,23)(H,22,24). The molecule has 0 aliphatic rings. The number of carbonyl (C=O) groups excluding carboxylic acids is 2. The van der Waals surface area contributed by atoms with Gasteiger partial charge in [-0.25, -0.2) is 0 Å². The Morgan fingerprint density at radius 2 is 1.17 bits per heavy atom. The zero-order valence-corrected chi connectivity index (χ0v) is 11.8. The van der Waals surface area contributed by atoms with Gasteiger partial charge in [-0.05, 0) is 24.3 Å². The van der Waals surface area contributed by atoms with E-state index in [1.807, 2.05) is 0 Å². The van der Waals surface area contributed by atoms with E-state index in [0.717, 1.165) is 12.4 Å². The van der Waals surface area contributed by atoms with Crippen molar-refractivity contribution in [2.24, 2.45) is 0 Å². The maximum atomic E-state index is 13.8. The van der Waals surface area contributed by atoms with Crippen LogP contribution in [0.3, 0.4) is 0 Å². The molecule has 0 fully saturated rings. The van der Waals surface area contributed by atoms with Gasteiger partial charge in [0.25, 0.3) is 0 Å². The Labute approximate surface area is 132 Å². The summed E-state index contributed by atoms with van der Waals surface area (Å²) in [4.78, 5) is 30.0. The zero-order valence-electron chi connectivity index (χ0n) is 11.8. The van der Waals surface area contributed by atoms with E-state index in [4.69, 9.17) is 0 Å². The average Bonchev–Trinajstić information content (AvgIpc) is 2.56. The minimum atomic E-state index is -5.28. The van der Waals surface area contributed by atoms with Crippen molar-refractivity contribution in [2.45, 2.75) is 11.8 Å². The van der Waals surface area contributed by atoms with Crippen LogP contribution in [0.1, 0.15) is 0 Å². The molecule has 2 amide bonds. The van der Waals surface area contributed by atoms with Crippen LogP contribution in [0.5, 0.6) is 0 Å². The van der Waals surface area contributed by atoms with Crippen LogP contribution in [0.15, 0.2) is 49.1 Å². The van der Waals surface area contributed by atoms with Crippen molar-refractivity contribution < 1.29 is 27.2 Å². The molecule has 0 saturated carbocycles. The molecule has 0 saturated heterocycles. The predicted octanol–water partition coefficient (Wildman–Crippen LogP) is 2.32. The van der Waals surface area contributed by atoms with Gasteiger partial charge in [0.1, 0.15) is 0 Å². The van der Waals surface area contributed by atoms with Crippen molar-refractivity contribution in [2.75, 3.05) is 10.6 Å². The highest BCUT2D eigenvalue weighted by atomic mass is 19.3. The van der Waals surface area contributed by atoms with Crippen molar-refractivity contribution in [1.82, 2.24) is 9.97 Å². The summed E-state index contributed by atoms with van der Waals surface area (Å²) in [6.07, 6.45) is 4.57. The molecule has 0 aliphatic heterocycles. The Hall–Kier alpha value is -3.04. The van der Waals surface area contributed by atoms with Crippen molar-refractivity contribution >= 4 is 23.2 Å². The summed E-state index contributed by atoms with van der Waals surface area (Å²) >= 11 is 0. The van der Waals surface area contributed by atoms with Gasteiger partial charge in [0, 0.05) is 12.4 Å². The first-order chi connectivity index (χ1) is 11.2. The molecule has 6 nitrogen and oxygen atoms in total. The number of amides is 2. The Balaban J connectivity index is 2.15. The van der Waals surface area contributed by atoms with Crippen molar-refractivity contribution in [3.05, 3.63) is 49.1 Å². The molecule has 126 valence electrons. The Kier molecular flexibility index (Phi) is 4.77. The van der Waals surface area contributed by atoms with Gasteiger partial charge in [0.15, 0.2) is 0 Å². The second kappa shape index (κ2) is 6.60. The van der Waals surface area contributed by atoms with Crippen molar-refractivity contribution in [3.8, 4) is 0 Å². The second-order valence-corrected chi connectivity index (χ2v) is 4.54. The summed E-state index contributed by atoms with van der Waals surface area (Å²) in [5.41, 5.74) is -0.434. The number of carbonyl (C=O) groups is 2. The molecule has 0 spiro atoms. The topological polar surface area (TPSA) is 84.0 Å². The van der Waals surface area contributed by atoms with E-state index in [-0.39, 0.29) is 11.4 Å². The van der Waals surface area contributed by atoms with E-state index in [1.54, 1.807) is 10.6 Å². The molecule has 2 heterocycles. The van der Waals surface area contributed by atoms with Gasteiger partial charge in [-0.15, -0.1) is 0 Å². The van der Waals surface area contributed by atoms with E-state index >= 15 is 0 Å². The lowest BCUT2D eigenvalue weighted by Crippen LogP contribution is -2.56. The quantitative estimate of drug-likeness (QED) is 0.817. The summed E-state index contributed by atoms with van der Waals surface area (Å²) < 4.78 is 55.1. The SMILES string of the molecule is O=C(Nc1cccnc1)C(F)(F)C(F)(F)C(=O)Nc1cccnc1. The average molecular weight is 342 g/mol. The number of halogens is 4. The molecule has 2 aromatic heterocycles. The van der Waals surface area contributed by atoms with Crippen LogP contribution in [0.4, 0.5) is 28.9 Å². The Morgan fingerprint density at radius 1 is 0.792 bits per heavy atom. The molecule has 2 N–H and O–H groups in total. The number of nitrogens with one attached hydrogen (secondary N) is 2. The minimum absolute atomic E-state index is 0.217. The molecular weight excluding hydrogens is 332 g/mol. The monoisotopic (exact) mass is 342 g/mol. The van der Waals surface area contributed by atoms with Crippen molar-refractivity contribution in [3.63, 3.8) is 0 Å². The maximum absolute atomic E-state index is 13.8. The number of aromatic nitrogens is 2. The number of anilines is 2. The molecule has 0 unspecified atom stereocenters. The molecule has 0 bridgehead atoms. The lowest BCUT2D eigenvalue weighted by Gasteiger charge is -2.24. The molecular formula is C14H10F4N4O2. The fraction of sp³-hybridized carbons (Fsp3) is 0.143. The first-order valence-corrected chi connectivity index (χ1v) is 6.44. The van der Waals surface area contributed by atoms with E-state index in [9.17, 15) is 27.2 Å². The molecule has 2 aromatic rings. The molecule has 24 heavy (non-hydrogen) atoms. The minimum Gasteiger partial charge on any atom is -0.319 e. The maximum Gasteiger partial charge on any atom is 0.396 e. The molecule has 10 heteroatoms. The van der Waals surface area contributed by atoms with Gasteiger partial charge in [-0.1, -0.05) is 0 Å². The fourth-order valence-electron chi connectivity index (χ4n) is 1.58. The van der Waals surface area contributed by atoms with Gasteiger partial charge in [-0.2, -0.15) is 17.6 Å². The van der Waals surface area contributed by atoms with Crippen LogP contribution in [0, 0.1) is 0 Å². The smallest absolute Gasteiger partial charge is 0.319 e. The van der Waals surface area contributed by atoms with E-state index in [1.165, 1.54) is 36.7 Å². The third-order valence-corrected chi connectivity index (χ3v) is 2.80. The van der Waals surface area contributed by atoms with E-state index in [2.05, 4.69) is 9.97 Å². The number of nitrogens with zero attached hydrogens (tertiary/aromatic N) is 2. The number of rotatable bonds is 5. The van der Waals surface area contributed by atoms with Crippen LogP contribution >= 0.6 is 0 Å². The summed E-state index contributed by atoms with van der Waals surface area (Å²) in [5.74, 6) is -15.2. The number of hydrogen-bond donors (Lipinski definition) is 2. The second-order valence-electron chi connectivity index (χ2n) is 4.54. The molecule has 2 rings (SSSR count). The van der Waals surface area contributed by atoms with Gasteiger partial charge < -0.3 is 10.6 Å². The molecule has 0 aliphatic carbocycles. The fourth-order valence-corrected chi connectivity index (χ4v) is 1.58. The van der Waals surface area contributed by atoms with Gasteiger partial charge in [0.2, 0.25) is 0 Å². The zero-order chi connectivity index (χ0) is 17.8. The van der Waals surface area contributed by atoms with Crippen molar-refractivity contribution in [1.29, 1.82) is 0 Å². The molecule has 0 aromatic carbocycles.